The lowest BCUT2D eigenvalue weighted by atomic mass is 9.83. The van der Waals surface area contributed by atoms with Crippen LogP contribution in [0.1, 0.15) is 66.5 Å². The van der Waals surface area contributed by atoms with E-state index in [1.54, 1.807) is 18.5 Å². The van der Waals surface area contributed by atoms with Gasteiger partial charge in [0.15, 0.2) is 0 Å². The average molecular weight is 603 g/mol. The molecule has 0 radical (unpaired) electrons. The number of ether oxygens (including phenoxy) is 2. The van der Waals surface area contributed by atoms with Gasteiger partial charge >= 0.3 is 16.3 Å². The lowest BCUT2D eigenvalue weighted by Crippen LogP contribution is -2.38. The highest BCUT2D eigenvalue weighted by Crippen LogP contribution is 2.37. The largest absolute Gasteiger partial charge is 0.480 e. The van der Waals surface area contributed by atoms with Crippen molar-refractivity contribution in [1.82, 2.24) is 19.3 Å². The van der Waals surface area contributed by atoms with Crippen LogP contribution in [0, 0.1) is 13.8 Å². The van der Waals surface area contributed by atoms with Gasteiger partial charge in [0.05, 0.1) is 37.7 Å². The molecule has 13 heteroatoms. The van der Waals surface area contributed by atoms with E-state index < -0.39 is 28.2 Å². The summed E-state index contributed by atoms with van der Waals surface area (Å²) >= 11 is 0. The standard InChI is InChI=1S/C29H38N4O8S/c1-5-40-28(36)18-25(23-9-10-26-29(20(23)3)30-31-32(26)13-16-39-15-6-14-34)22-8-7-19(2)24(17-22)21(4)33-12-11-27(35)41-42(33,37)38/h7-11,17,21,25,34-35H,5-6,12-16,18H2,1-4H3/t21-,25?/m1/s1. The van der Waals surface area contributed by atoms with Gasteiger partial charge in [0.25, 0.3) is 5.95 Å². The molecule has 42 heavy (non-hydrogen) atoms. The number of hydrogen-bond acceptors (Lipinski definition) is 10. The second-order valence-electron chi connectivity index (χ2n) is 10.2. The Morgan fingerprint density at radius 3 is 2.67 bits per heavy atom. The van der Waals surface area contributed by atoms with Gasteiger partial charge in [0.2, 0.25) is 0 Å². The molecule has 2 aromatic carbocycles. The number of benzene rings is 2. The second-order valence-corrected chi connectivity index (χ2v) is 11.6. The predicted molar refractivity (Wildman–Crippen MR) is 155 cm³/mol. The Kier molecular flexibility index (Phi) is 10.2. The van der Waals surface area contributed by atoms with E-state index in [1.807, 2.05) is 44.2 Å². The van der Waals surface area contributed by atoms with E-state index in [4.69, 9.17) is 18.8 Å². The molecule has 0 amide bonds. The third-order valence-electron chi connectivity index (χ3n) is 7.44. The first kappa shape index (κ1) is 31.4. The Balaban J connectivity index is 1.70. The Morgan fingerprint density at radius 2 is 1.95 bits per heavy atom. The monoisotopic (exact) mass is 602 g/mol. The molecule has 3 aromatic rings. The van der Waals surface area contributed by atoms with Gasteiger partial charge in [-0.15, -0.1) is 5.10 Å². The Bertz CT molecular complexity index is 1550. The maximum atomic E-state index is 12.8. The molecule has 0 fully saturated rings. The molecule has 2 N–H and O–H groups in total. The van der Waals surface area contributed by atoms with Crippen LogP contribution in [0.4, 0.5) is 0 Å². The zero-order chi connectivity index (χ0) is 30.4. The van der Waals surface area contributed by atoms with Crippen molar-refractivity contribution in [1.29, 1.82) is 0 Å². The van der Waals surface area contributed by atoms with Crippen molar-refractivity contribution in [2.75, 3.05) is 33.0 Å². The summed E-state index contributed by atoms with van der Waals surface area (Å²) in [5.74, 6) is -1.39. The average Bonchev–Trinajstić information content (AvgIpc) is 3.35. The van der Waals surface area contributed by atoms with E-state index in [2.05, 4.69) is 10.3 Å². The Morgan fingerprint density at radius 1 is 1.17 bits per heavy atom. The summed E-state index contributed by atoms with van der Waals surface area (Å²) in [6.45, 7) is 9.05. The number of rotatable bonds is 13. The maximum absolute atomic E-state index is 12.8. The maximum Gasteiger partial charge on any atom is 0.388 e. The SMILES string of the molecule is CCOC(=O)CC(c1ccc(C)c([C@@H](C)N2CC=C(O)OS2(=O)=O)c1)c1ccc2c(nnn2CCOCCCO)c1C. The van der Waals surface area contributed by atoms with Crippen LogP contribution < -0.4 is 0 Å². The summed E-state index contributed by atoms with van der Waals surface area (Å²) in [7, 11) is -4.19. The number of nitrogens with zero attached hydrogens (tertiary/aromatic N) is 4. The Labute approximate surface area is 245 Å². The molecule has 0 aliphatic carbocycles. The highest BCUT2D eigenvalue weighted by atomic mass is 32.2. The Hall–Kier alpha value is -3.52. The van der Waals surface area contributed by atoms with Crippen LogP contribution in [0.25, 0.3) is 11.0 Å². The number of aliphatic hydroxyl groups excluding tert-OH is 2. The molecule has 0 spiro atoms. The van der Waals surface area contributed by atoms with Gasteiger partial charge in [-0.25, -0.2) is 4.68 Å². The molecule has 1 unspecified atom stereocenters. The number of esters is 1. The molecule has 1 aromatic heterocycles. The summed E-state index contributed by atoms with van der Waals surface area (Å²) in [6, 6.07) is 9.05. The van der Waals surface area contributed by atoms with Gasteiger partial charge in [-0.2, -0.15) is 12.7 Å². The molecule has 2 heterocycles. The minimum atomic E-state index is -4.19. The first-order chi connectivity index (χ1) is 20.1. The summed E-state index contributed by atoms with van der Waals surface area (Å²) in [6.07, 6.45) is 1.95. The fourth-order valence-corrected chi connectivity index (χ4v) is 6.36. The molecule has 2 atom stereocenters. The highest BCUT2D eigenvalue weighted by Gasteiger charge is 2.34. The van der Waals surface area contributed by atoms with E-state index in [9.17, 15) is 18.3 Å². The summed E-state index contributed by atoms with van der Waals surface area (Å²) in [5.41, 5.74) is 5.72. The lowest BCUT2D eigenvalue weighted by Gasteiger charge is -2.30. The zero-order valence-electron chi connectivity index (χ0n) is 24.3. The smallest absolute Gasteiger partial charge is 0.388 e. The van der Waals surface area contributed by atoms with Crippen LogP contribution in [0.5, 0.6) is 0 Å². The molecule has 228 valence electrons. The van der Waals surface area contributed by atoms with Gasteiger partial charge in [-0.05, 0) is 68.0 Å². The second kappa shape index (κ2) is 13.6. The quantitative estimate of drug-likeness (QED) is 0.219. The van der Waals surface area contributed by atoms with Crippen molar-refractivity contribution >= 4 is 27.3 Å². The van der Waals surface area contributed by atoms with Crippen molar-refractivity contribution in [3.63, 3.8) is 0 Å². The van der Waals surface area contributed by atoms with Crippen LogP contribution in [-0.4, -0.2) is 76.9 Å². The van der Waals surface area contributed by atoms with Gasteiger partial charge < -0.3 is 23.9 Å². The van der Waals surface area contributed by atoms with Gasteiger partial charge in [0.1, 0.15) is 5.52 Å². The molecule has 4 rings (SSSR count). The van der Waals surface area contributed by atoms with Gasteiger partial charge in [-0.1, -0.05) is 29.5 Å². The number of fused-ring (bicyclic) bond motifs is 1. The predicted octanol–water partition coefficient (Wildman–Crippen LogP) is 3.57. The fourth-order valence-electron chi connectivity index (χ4n) is 5.22. The first-order valence-corrected chi connectivity index (χ1v) is 15.3. The molecule has 0 saturated carbocycles. The molecule has 0 bridgehead atoms. The molecular formula is C29H38N4O8S. The third kappa shape index (κ3) is 6.92. The van der Waals surface area contributed by atoms with E-state index in [-0.39, 0.29) is 32.1 Å². The van der Waals surface area contributed by atoms with Crippen LogP contribution in [0.15, 0.2) is 42.4 Å². The number of carbonyl (C=O) groups excluding carboxylic acids is 1. The molecule has 12 nitrogen and oxygen atoms in total. The van der Waals surface area contributed by atoms with Crippen LogP contribution in [0.3, 0.4) is 0 Å². The van der Waals surface area contributed by atoms with E-state index in [0.717, 1.165) is 33.3 Å². The molecule has 1 aliphatic heterocycles. The number of carbonyl (C=O) groups is 1. The highest BCUT2D eigenvalue weighted by molar-refractivity contribution is 7.84. The van der Waals surface area contributed by atoms with Crippen LogP contribution >= 0.6 is 0 Å². The van der Waals surface area contributed by atoms with Crippen molar-refractivity contribution < 1.29 is 37.1 Å². The summed E-state index contributed by atoms with van der Waals surface area (Å²) in [5, 5.41) is 27.2. The summed E-state index contributed by atoms with van der Waals surface area (Å²) in [4.78, 5) is 12.8. The number of aryl methyl sites for hydroxylation is 2. The molecule has 1 aliphatic rings. The van der Waals surface area contributed by atoms with Gasteiger partial charge in [0, 0.05) is 31.8 Å². The van der Waals surface area contributed by atoms with Crippen LogP contribution in [-0.2, 0) is 35.3 Å². The first-order valence-electron chi connectivity index (χ1n) is 13.9. The van der Waals surface area contributed by atoms with E-state index in [1.165, 1.54) is 10.4 Å². The minimum absolute atomic E-state index is 0.0385. The fraction of sp³-hybridized carbons (Fsp3) is 0.483. The number of hydrogen-bond donors (Lipinski definition) is 2. The lowest BCUT2D eigenvalue weighted by molar-refractivity contribution is -0.143. The third-order valence-corrected chi connectivity index (χ3v) is 8.86. The van der Waals surface area contributed by atoms with Crippen molar-refractivity contribution in [3.8, 4) is 0 Å². The van der Waals surface area contributed by atoms with Gasteiger partial charge in [-0.3, -0.25) is 4.79 Å². The summed E-state index contributed by atoms with van der Waals surface area (Å²) < 4.78 is 43.9. The number of aliphatic hydroxyl groups is 2. The van der Waals surface area contributed by atoms with E-state index in [0.29, 0.717) is 31.7 Å². The van der Waals surface area contributed by atoms with E-state index >= 15 is 0 Å². The van der Waals surface area contributed by atoms with Crippen molar-refractivity contribution in [3.05, 3.63) is 70.2 Å². The van der Waals surface area contributed by atoms with Crippen molar-refractivity contribution in [2.45, 2.75) is 59.0 Å². The molecule has 0 saturated heterocycles. The minimum Gasteiger partial charge on any atom is -0.480 e. The zero-order valence-corrected chi connectivity index (χ0v) is 25.1. The topological polar surface area (TPSA) is 153 Å². The molecular weight excluding hydrogens is 564 g/mol. The van der Waals surface area contributed by atoms with Crippen molar-refractivity contribution in [2.24, 2.45) is 0 Å². The number of aromatic nitrogens is 3. The normalized spacial score (nSPS) is 16.5. The van der Waals surface area contributed by atoms with Crippen LogP contribution in [0.2, 0.25) is 0 Å².